The van der Waals surface area contributed by atoms with Crippen molar-refractivity contribution in [2.75, 3.05) is 44.4 Å². The van der Waals surface area contributed by atoms with Gasteiger partial charge >= 0.3 is 0 Å². The molecule has 7 heteroatoms. The first-order valence-electron chi connectivity index (χ1n) is 11.9. The molecule has 0 aromatic heterocycles. The molecule has 1 saturated carbocycles. The molecule has 7 nitrogen and oxygen atoms in total. The SMILES string of the molecule is CC(C)C(O)C(=O)NC1CCC(CCN2CCN(c3cccc4c3OCO4)CC2)CC1. The zero-order chi connectivity index (χ0) is 21.8. The van der Waals surface area contributed by atoms with Crippen molar-refractivity contribution in [1.82, 2.24) is 10.2 Å². The maximum atomic E-state index is 12.1. The van der Waals surface area contributed by atoms with Gasteiger partial charge in [0.05, 0.1) is 5.69 Å². The summed E-state index contributed by atoms with van der Waals surface area (Å²) in [6.07, 6.45) is 4.71. The highest BCUT2D eigenvalue weighted by molar-refractivity contribution is 5.81. The average Bonchev–Trinajstić information content (AvgIpc) is 3.27. The Kier molecular flexibility index (Phi) is 7.23. The fraction of sp³-hybridized carbons (Fsp3) is 0.708. The van der Waals surface area contributed by atoms with Gasteiger partial charge in [0.2, 0.25) is 12.7 Å². The number of para-hydroxylation sites is 1. The van der Waals surface area contributed by atoms with Crippen molar-refractivity contribution in [2.24, 2.45) is 11.8 Å². The lowest BCUT2D eigenvalue weighted by Crippen LogP contribution is -2.47. The molecule has 0 bridgehead atoms. The van der Waals surface area contributed by atoms with Crippen LogP contribution >= 0.6 is 0 Å². The minimum Gasteiger partial charge on any atom is -0.454 e. The maximum Gasteiger partial charge on any atom is 0.249 e. The molecule has 2 fully saturated rings. The highest BCUT2D eigenvalue weighted by atomic mass is 16.7. The second-order valence-electron chi connectivity index (χ2n) is 9.54. The van der Waals surface area contributed by atoms with Crippen LogP contribution in [0.15, 0.2) is 18.2 Å². The molecule has 1 aromatic carbocycles. The molecule has 1 atom stereocenters. The van der Waals surface area contributed by atoms with Crippen molar-refractivity contribution in [3.05, 3.63) is 18.2 Å². The lowest BCUT2D eigenvalue weighted by atomic mass is 9.84. The number of amides is 1. The van der Waals surface area contributed by atoms with E-state index >= 15 is 0 Å². The number of benzene rings is 1. The third-order valence-corrected chi connectivity index (χ3v) is 7.04. The Morgan fingerprint density at radius 3 is 2.58 bits per heavy atom. The predicted octanol–water partition coefficient (Wildman–Crippen LogP) is 2.62. The molecule has 4 rings (SSSR count). The summed E-state index contributed by atoms with van der Waals surface area (Å²) in [5.74, 6) is 2.23. The second-order valence-corrected chi connectivity index (χ2v) is 9.54. The monoisotopic (exact) mass is 431 g/mol. The van der Waals surface area contributed by atoms with E-state index in [1.165, 1.54) is 6.42 Å². The summed E-state index contributed by atoms with van der Waals surface area (Å²) in [7, 11) is 0. The summed E-state index contributed by atoms with van der Waals surface area (Å²) in [6, 6.07) is 6.35. The molecule has 2 aliphatic heterocycles. The van der Waals surface area contributed by atoms with E-state index < -0.39 is 6.10 Å². The maximum absolute atomic E-state index is 12.1. The van der Waals surface area contributed by atoms with E-state index in [2.05, 4.69) is 21.2 Å². The zero-order valence-corrected chi connectivity index (χ0v) is 18.9. The summed E-state index contributed by atoms with van der Waals surface area (Å²) >= 11 is 0. The van der Waals surface area contributed by atoms with E-state index in [1.807, 2.05) is 26.0 Å². The molecule has 1 amide bonds. The molecule has 1 unspecified atom stereocenters. The van der Waals surface area contributed by atoms with Gasteiger partial charge in [0, 0.05) is 32.2 Å². The van der Waals surface area contributed by atoms with Crippen LogP contribution in [-0.4, -0.2) is 67.6 Å². The zero-order valence-electron chi connectivity index (χ0n) is 18.9. The van der Waals surface area contributed by atoms with E-state index in [0.29, 0.717) is 6.79 Å². The average molecular weight is 432 g/mol. The van der Waals surface area contributed by atoms with Crippen molar-refractivity contribution >= 4 is 11.6 Å². The Hall–Kier alpha value is -1.99. The van der Waals surface area contributed by atoms with E-state index in [-0.39, 0.29) is 17.9 Å². The van der Waals surface area contributed by atoms with Crippen LogP contribution in [0, 0.1) is 11.8 Å². The minimum atomic E-state index is -0.896. The minimum absolute atomic E-state index is 0.0412. The van der Waals surface area contributed by atoms with Gasteiger partial charge in [-0.2, -0.15) is 0 Å². The van der Waals surface area contributed by atoms with Gasteiger partial charge < -0.3 is 24.8 Å². The Balaban J connectivity index is 1.15. The molecule has 172 valence electrons. The molecule has 3 aliphatic rings. The summed E-state index contributed by atoms with van der Waals surface area (Å²) in [6.45, 7) is 9.37. The standard InChI is InChI=1S/C24H37N3O4/c1-17(2)22(28)24(29)25-19-8-6-18(7-9-19)10-11-26-12-14-27(15-13-26)20-4-3-5-21-23(20)31-16-30-21/h3-5,17-19,22,28H,6-16H2,1-2H3,(H,25,29). The molecule has 31 heavy (non-hydrogen) atoms. The van der Waals surface area contributed by atoms with Crippen LogP contribution in [0.3, 0.4) is 0 Å². The highest BCUT2D eigenvalue weighted by Gasteiger charge is 2.27. The summed E-state index contributed by atoms with van der Waals surface area (Å²) in [5, 5.41) is 12.9. The topological polar surface area (TPSA) is 74.3 Å². The third-order valence-electron chi connectivity index (χ3n) is 7.04. The quantitative estimate of drug-likeness (QED) is 0.691. The molecular weight excluding hydrogens is 394 g/mol. The van der Waals surface area contributed by atoms with Crippen molar-refractivity contribution in [2.45, 2.75) is 58.1 Å². The first-order valence-corrected chi connectivity index (χ1v) is 11.9. The number of hydrogen-bond acceptors (Lipinski definition) is 6. The van der Waals surface area contributed by atoms with Crippen molar-refractivity contribution in [3.8, 4) is 11.5 Å². The van der Waals surface area contributed by atoms with Gasteiger partial charge in [0.1, 0.15) is 6.10 Å². The summed E-state index contributed by atoms with van der Waals surface area (Å²) in [5.41, 5.74) is 1.15. The van der Waals surface area contributed by atoms with Crippen LogP contribution in [0.25, 0.3) is 0 Å². The lowest BCUT2D eigenvalue weighted by Gasteiger charge is -2.37. The first kappa shape index (κ1) is 22.2. The van der Waals surface area contributed by atoms with Crippen LogP contribution in [-0.2, 0) is 4.79 Å². The molecule has 2 heterocycles. The summed E-state index contributed by atoms with van der Waals surface area (Å²) in [4.78, 5) is 17.1. The number of carbonyl (C=O) groups is 1. The van der Waals surface area contributed by atoms with Gasteiger partial charge in [0.25, 0.3) is 0 Å². The smallest absolute Gasteiger partial charge is 0.249 e. The van der Waals surface area contributed by atoms with Crippen LogP contribution in [0.5, 0.6) is 11.5 Å². The lowest BCUT2D eigenvalue weighted by molar-refractivity contribution is -0.132. The number of hydrogen-bond donors (Lipinski definition) is 2. The molecule has 0 radical (unpaired) electrons. The number of rotatable bonds is 7. The number of aliphatic hydroxyl groups excluding tert-OH is 1. The molecule has 1 saturated heterocycles. The van der Waals surface area contributed by atoms with Gasteiger partial charge in [-0.05, 0) is 62.6 Å². The number of fused-ring (bicyclic) bond motifs is 1. The van der Waals surface area contributed by atoms with Crippen molar-refractivity contribution in [3.63, 3.8) is 0 Å². The highest BCUT2D eigenvalue weighted by Crippen LogP contribution is 2.41. The van der Waals surface area contributed by atoms with Gasteiger partial charge in [0.15, 0.2) is 11.5 Å². The summed E-state index contributed by atoms with van der Waals surface area (Å²) < 4.78 is 11.2. The molecule has 0 spiro atoms. The third kappa shape index (κ3) is 5.44. The Morgan fingerprint density at radius 2 is 1.87 bits per heavy atom. The number of nitrogens with one attached hydrogen (secondary N) is 1. The molecule has 1 aromatic rings. The number of carbonyl (C=O) groups excluding carboxylic acids is 1. The van der Waals surface area contributed by atoms with Crippen molar-refractivity contribution in [1.29, 1.82) is 0 Å². The van der Waals surface area contributed by atoms with Crippen LogP contribution in [0.1, 0.15) is 46.0 Å². The number of piperazine rings is 1. The van der Waals surface area contributed by atoms with Crippen LogP contribution in [0.4, 0.5) is 5.69 Å². The van der Waals surface area contributed by atoms with E-state index in [0.717, 1.165) is 81.5 Å². The van der Waals surface area contributed by atoms with E-state index in [4.69, 9.17) is 9.47 Å². The van der Waals surface area contributed by atoms with Gasteiger partial charge in [-0.25, -0.2) is 0 Å². The number of anilines is 1. The molecule has 2 N–H and O–H groups in total. The van der Waals surface area contributed by atoms with Gasteiger partial charge in [-0.1, -0.05) is 19.9 Å². The van der Waals surface area contributed by atoms with Crippen LogP contribution < -0.4 is 19.7 Å². The molecule has 1 aliphatic carbocycles. The number of nitrogens with zero attached hydrogens (tertiary/aromatic N) is 2. The van der Waals surface area contributed by atoms with Crippen molar-refractivity contribution < 1.29 is 19.4 Å². The Morgan fingerprint density at radius 1 is 1.13 bits per heavy atom. The fourth-order valence-corrected chi connectivity index (χ4v) is 4.93. The number of aliphatic hydroxyl groups is 1. The normalized spacial score (nSPS) is 25.0. The Labute approximate surface area is 185 Å². The van der Waals surface area contributed by atoms with Gasteiger partial charge in [-0.15, -0.1) is 0 Å². The predicted molar refractivity (Wildman–Crippen MR) is 121 cm³/mol. The largest absolute Gasteiger partial charge is 0.454 e. The second kappa shape index (κ2) is 10.1. The fourth-order valence-electron chi connectivity index (χ4n) is 4.93. The first-order chi connectivity index (χ1) is 15.0. The Bertz CT molecular complexity index is 740. The van der Waals surface area contributed by atoms with E-state index in [9.17, 15) is 9.90 Å². The number of ether oxygens (including phenoxy) is 2. The van der Waals surface area contributed by atoms with E-state index in [1.54, 1.807) is 0 Å². The molecular formula is C24H37N3O4. The van der Waals surface area contributed by atoms with Gasteiger partial charge in [-0.3, -0.25) is 9.69 Å². The van der Waals surface area contributed by atoms with Crippen LogP contribution in [0.2, 0.25) is 0 Å².